The molecule has 0 amide bonds. The van der Waals surface area contributed by atoms with E-state index in [4.69, 9.17) is 20.2 Å². The van der Waals surface area contributed by atoms with Crippen molar-refractivity contribution < 1.29 is 17.9 Å². The van der Waals surface area contributed by atoms with Crippen molar-refractivity contribution in [1.29, 1.82) is 0 Å². The van der Waals surface area contributed by atoms with Crippen molar-refractivity contribution in [3.63, 3.8) is 0 Å². The predicted molar refractivity (Wildman–Crippen MR) is 143 cm³/mol. The summed E-state index contributed by atoms with van der Waals surface area (Å²) in [6, 6.07) is 13.9. The fourth-order valence-corrected chi connectivity index (χ4v) is 6.25. The van der Waals surface area contributed by atoms with Gasteiger partial charge in [-0.3, -0.25) is 0 Å². The lowest BCUT2D eigenvalue weighted by molar-refractivity contribution is 0.234. The van der Waals surface area contributed by atoms with Crippen molar-refractivity contribution in [3.8, 4) is 11.5 Å². The average Bonchev–Trinajstić information content (AvgIpc) is 2.88. The maximum Gasteiger partial charge on any atom is 0.227 e. The number of aromatic nitrogens is 2. The van der Waals surface area contributed by atoms with E-state index in [9.17, 15) is 8.42 Å². The molecule has 194 valence electrons. The topological polar surface area (TPSA) is 111 Å². The van der Waals surface area contributed by atoms with E-state index in [1.807, 2.05) is 30.1 Å². The molecule has 1 saturated heterocycles. The third-order valence-electron chi connectivity index (χ3n) is 7.12. The molecule has 9 nitrogen and oxygen atoms in total. The van der Waals surface area contributed by atoms with E-state index in [1.165, 1.54) is 5.56 Å². The minimum atomic E-state index is -3.30. The number of nitrogens with zero attached hydrogens (tertiary/aromatic N) is 4. The Hall–Kier alpha value is -3.11. The summed E-state index contributed by atoms with van der Waals surface area (Å²) >= 11 is 0. The van der Waals surface area contributed by atoms with Crippen LogP contribution in [-0.2, 0) is 15.4 Å². The molecule has 1 aliphatic heterocycles. The van der Waals surface area contributed by atoms with Crippen molar-refractivity contribution in [1.82, 2.24) is 14.3 Å². The Kier molecular flexibility index (Phi) is 7.28. The van der Waals surface area contributed by atoms with Crippen molar-refractivity contribution in [2.75, 3.05) is 51.5 Å². The number of likely N-dealkylation sites (N-methyl/N-ethyl adjacent to an activating group) is 1. The molecule has 0 aliphatic carbocycles. The second kappa shape index (κ2) is 10.1. The fraction of sp³-hybridized carbons (Fsp3) is 0.462. The van der Waals surface area contributed by atoms with Gasteiger partial charge in [0.15, 0.2) is 11.5 Å². The van der Waals surface area contributed by atoms with Gasteiger partial charge in [-0.2, -0.15) is 4.98 Å². The highest BCUT2D eigenvalue weighted by Gasteiger charge is 2.41. The number of fused-ring (bicyclic) bond motifs is 1. The van der Waals surface area contributed by atoms with Crippen LogP contribution < -0.4 is 20.1 Å². The average molecular weight is 514 g/mol. The number of nitrogen functional groups attached to an aromatic ring is 1. The van der Waals surface area contributed by atoms with Gasteiger partial charge in [0.25, 0.3) is 0 Å². The van der Waals surface area contributed by atoms with Crippen molar-refractivity contribution in [3.05, 3.63) is 48.0 Å². The van der Waals surface area contributed by atoms with Crippen LogP contribution in [0.15, 0.2) is 42.5 Å². The molecule has 10 heteroatoms. The zero-order valence-electron chi connectivity index (χ0n) is 21.6. The lowest BCUT2D eigenvalue weighted by Gasteiger charge is -2.44. The number of hydrogen-bond donors (Lipinski definition) is 1. The normalized spacial score (nSPS) is 16.3. The maximum absolute atomic E-state index is 12.8. The number of benzene rings is 2. The van der Waals surface area contributed by atoms with Crippen molar-refractivity contribution in [2.45, 2.75) is 37.4 Å². The molecule has 1 fully saturated rings. The monoisotopic (exact) mass is 513 g/mol. The van der Waals surface area contributed by atoms with Gasteiger partial charge in [-0.05, 0) is 38.3 Å². The third kappa shape index (κ3) is 4.79. The molecule has 4 rings (SSSR count). The zero-order chi connectivity index (χ0) is 26.1. The Labute approximate surface area is 213 Å². The highest BCUT2D eigenvalue weighted by Crippen LogP contribution is 2.39. The first-order chi connectivity index (χ1) is 17.1. The Morgan fingerprint density at radius 2 is 1.67 bits per heavy atom. The van der Waals surface area contributed by atoms with Gasteiger partial charge in [-0.1, -0.05) is 30.3 Å². The van der Waals surface area contributed by atoms with E-state index >= 15 is 0 Å². The molecule has 2 heterocycles. The summed E-state index contributed by atoms with van der Waals surface area (Å²) in [5, 5.41) is 0.253. The van der Waals surface area contributed by atoms with E-state index in [0.717, 1.165) is 0 Å². The smallest absolute Gasteiger partial charge is 0.227 e. The summed E-state index contributed by atoms with van der Waals surface area (Å²) in [7, 11) is 1.80. The molecule has 0 spiro atoms. The fourth-order valence-electron chi connectivity index (χ4n) is 4.96. The Morgan fingerprint density at radius 1 is 1.06 bits per heavy atom. The lowest BCUT2D eigenvalue weighted by atomic mass is 9.73. The van der Waals surface area contributed by atoms with Gasteiger partial charge in [-0.25, -0.2) is 17.7 Å². The van der Waals surface area contributed by atoms with Crippen LogP contribution in [0.5, 0.6) is 11.5 Å². The largest absolute Gasteiger partial charge is 0.493 e. The van der Waals surface area contributed by atoms with Crippen LogP contribution in [0.1, 0.15) is 32.3 Å². The lowest BCUT2D eigenvalue weighted by Crippen LogP contribution is -2.51. The van der Waals surface area contributed by atoms with E-state index in [1.54, 1.807) is 44.5 Å². The van der Waals surface area contributed by atoms with Gasteiger partial charge in [0.2, 0.25) is 16.0 Å². The number of anilines is 2. The molecule has 0 unspecified atom stereocenters. The van der Waals surface area contributed by atoms with Crippen LogP contribution in [0.3, 0.4) is 0 Å². The number of piperidine rings is 1. The van der Waals surface area contributed by atoms with E-state index in [2.05, 4.69) is 17.1 Å². The molecule has 0 radical (unpaired) electrons. The maximum atomic E-state index is 12.8. The van der Waals surface area contributed by atoms with Crippen LogP contribution in [0.4, 0.5) is 11.8 Å². The molecule has 0 bridgehead atoms. The second-order valence-corrected chi connectivity index (χ2v) is 12.1. The number of rotatable bonds is 8. The summed E-state index contributed by atoms with van der Waals surface area (Å²) < 4.78 is 38.1. The second-order valence-electron chi connectivity index (χ2n) is 9.63. The van der Waals surface area contributed by atoms with Crippen LogP contribution in [-0.4, -0.2) is 68.8 Å². The molecule has 0 atom stereocenters. The number of hydrogen-bond acceptors (Lipinski definition) is 8. The number of ether oxygens (including phenoxy) is 2. The van der Waals surface area contributed by atoms with Gasteiger partial charge in [-0.15, -0.1) is 0 Å². The molecule has 3 aromatic rings. The van der Waals surface area contributed by atoms with Gasteiger partial charge in [0.1, 0.15) is 5.82 Å². The Balaban J connectivity index is 1.67. The van der Waals surface area contributed by atoms with E-state index < -0.39 is 15.3 Å². The van der Waals surface area contributed by atoms with Gasteiger partial charge >= 0.3 is 0 Å². The third-order valence-corrected chi connectivity index (χ3v) is 9.40. The van der Waals surface area contributed by atoms with E-state index in [0.29, 0.717) is 66.6 Å². The zero-order valence-corrected chi connectivity index (χ0v) is 22.4. The quantitative estimate of drug-likeness (QED) is 0.488. The SMILES string of the molecule is COc1cc2nc(N(C)CC3(c4ccccc4)CCN(S(=O)(=O)C(C)C)CC3)nc(N)c2cc1OC. The van der Waals surface area contributed by atoms with Gasteiger partial charge in [0, 0.05) is 43.5 Å². The molecule has 2 N–H and O–H groups in total. The standard InChI is InChI=1S/C26H35N5O4S/c1-18(2)36(32,33)31-13-11-26(12-14-31,19-9-7-6-8-10-19)17-30(3)25-28-21-16-23(35-5)22(34-4)15-20(21)24(27)29-25/h6-10,15-16,18H,11-14,17H2,1-5H3,(H2,27,28,29). The van der Waals surface area contributed by atoms with Crippen LogP contribution in [0, 0.1) is 0 Å². The Morgan fingerprint density at radius 3 is 2.25 bits per heavy atom. The summed E-state index contributed by atoms with van der Waals surface area (Å²) in [6.45, 7) is 5.02. The summed E-state index contributed by atoms with van der Waals surface area (Å²) in [6.07, 6.45) is 1.39. The first-order valence-corrected chi connectivity index (χ1v) is 13.6. The molecule has 1 aliphatic rings. The Bertz CT molecular complexity index is 1320. The van der Waals surface area contributed by atoms with Gasteiger partial charge in [0.05, 0.1) is 25.0 Å². The summed E-state index contributed by atoms with van der Waals surface area (Å²) in [4.78, 5) is 11.4. The van der Waals surface area contributed by atoms with Crippen LogP contribution >= 0.6 is 0 Å². The molecule has 36 heavy (non-hydrogen) atoms. The summed E-state index contributed by atoms with van der Waals surface area (Å²) in [5.41, 5.74) is 7.91. The molecule has 2 aromatic carbocycles. The highest BCUT2D eigenvalue weighted by atomic mass is 32.2. The van der Waals surface area contributed by atoms with Crippen LogP contribution in [0.2, 0.25) is 0 Å². The molecular formula is C26H35N5O4S. The predicted octanol–water partition coefficient (Wildman–Crippen LogP) is 3.44. The molecular weight excluding hydrogens is 478 g/mol. The number of nitrogens with two attached hydrogens (primary N) is 1. The first kappa shape index (κ1) is 26.0. The molecule has 0 saturated carbocycles. The van der Waals surface area contributed by atoms with Crippen molar-refractivity contribution in [2.24, 2.45) is 0 Å². The number of sulfonamides is 1. The first-order valence-electron chi connectivity index (χ1n) is 12.1. The van der Waals surface area contributed by atoms with Crippen molar-refractivity contribution >= 4 is 32.7 Å². The highest BCUT2D eigenvalue weighted by molar-refractivity contribution is 7.89. The minimum absolute atomic E-state index is 0.260. The van der Waals surface area contributed by atoms with Gasteiger partial charge < -0.3 is 20.1 Å². The summed E-state index contributed by atoms with van der Waals surface area (Å²) in [5.74, 6) is 1.98. The minimum Gasteiger partial charge on any atom is -0.493 e. The number of methoxy groups -OCH3 is 2. The van der Waals surface area contributed by atoms with Crippen LogP contribution in [0.25, 0.3) is 10.9 Å². The van der Waals surface area contributed by atoms with E-state index in [-0.39, 0.29) is 5.41 Å². The molecule has 1 aromatic heterocycles.